The van der Waals surface area contributed by atoms with Crippen LogP contribution in [0.1, 0.15) is 41.0 Å². The average Bonchev–Trinajstić information content (AvgIpc) is 2.24. The van der Waals surface area contributed by atoms with Crippen LogP contribution in [0.3, 0.4) is 0 Å². The van der Waals surface area contributed by atoms with E-state index in [2.05, 4.69) is 10.6 Å². The van der Waals surface area contributed by atoms with Gasteiger partial charge in [0.25, 0.3) is 0 Å². The van der Waals surface area contributed by atoms with Gasteiger partial charge >= 0.3 is 0 Å². The molecule has 0 saturated heterocycles. The molecule has 0 heterocycles. The minimum absolute atomic E-state index is 0.0184. The van der Waals surface area contributed by atoms with Gasteiger partial charge in [0.05, 0.1) is 6.54 Å². The molecule has 0 fully saturated rings. The van der Waals surface area contributed by atoms with E-state index in [4.69, 9.17) is 0 Å². The highest BCUT2D eigenvalue weighted by Crippen LogP contribution is 1.99. The summed E-state index contributed by atoms with van der Waals surface area (Å²) in [5.41, 5.74) is 0. The number of amides is 2. The van der Waals surface area contributed by atoms with Crippen LogP contribution in [-0.2, 0) is 9.59 Å². The number of carbonyl (C=O) groups excluding carboxylic acids is 2. The normalized spacial score (nSPS) is 12.3. The molecule has 0 bridgehead atoms. The Morgan fingerprint density at radius 1 is 1.17 bits per heavy atom. The molecule has 0 aliphatic heterocycles. The highest BCUT2D eigenvalue weighted by Gasteiger charge is 2.17. The number of hydrogen-bond donors (Lipinski definition) is 2. The van der Waals surface area contributed by atoms with Gasteiger partial charge in [-0.05, 0) is 34.2 Å². The molecule has 18 heavy (non-hydrogen) atoms. The number of rotatable bonds is 8. The second kappa shape index (κ2) is 8.91. The summed E-state index contributed by atoms with van der Waals surface area (Å²) >= 11 is 0. The predicted molar refractivity (Wildman–Crippen MR) is 73.3 cm³/mol. The number of nitrogens with zero attached hydrogens (tertiary/aromatic N) is 1. The first-order valence-electron chi connectivity index (χ1n) is 6.71. The summed E-state index contributed by atoms with van der Waals surface area (Å²) in [4.78, 5) is 25.2. The topological polar surface area (TPSA) is 61.4 Å². The highest BCUT2D eigenvalue weighted by molar-refractivity contribution is 5.85. The molecule has 5 heteroatoms. The van der Waals surface area contributed by atoms with E-state index in [9.17, 15) is 9.59 Å². The summed E-state index contributed by atoms with van der Waals surface area (Å²) in [6.45, 7) is 11.2. The van der Waals surface area contributed by atoms with Crippen molar-refractivity contribution in [3.63, 3.8) is 0 Å². The van der Waals surface area contributed by atoms with Crippen molar-refractivity contribution in [2.75, 3.05) is 19.6 Å². The SMILES string of the molecule is CCNC(C)CC(=O)N(CC)CC(=O)NC(C)C. The molecule has 0 aromatic heterocycles. The van der Waals surface area contributed by atoms with Crippen molar-refractivity contribution in [1.82, 2.24) is 15.5 Å². The van der Waals surface area contributed by atoms with Gasteiger partial charge < -0.3 is 15.5 Å². The lowest BCUT2D eigenvalue weighted by molar-refractivity contribution is -0.136. The summed E-state index contributed by atoms with van der Waals surface area (Å²) in [5, 5.41) is 5.99. The van der Waals surface area contributed by atoms with Crippen molar-refractivity contribution < 1.29 is 9.59 Å². The monoisotopic (exact) mass is 257 g/mol. The van der Waals surface area contributed by atoms with Crippen LogP contribution in [0.4, 0.5) is 0 Å². The van der Waals surface area contributed by atoms with E-state index in [-0.39, 0.29) is 30.4 Å². The van der Waals surface area contributed by atoms with Gasteiger partial charge in [0.1, 0.15) is 0 Å². The fourth-order valence-electron chi connectivity index (χ4n) is 1.73. The summed E-state index contributed by atoms with van der Waals surface area (Å²) in [7, 11) is 0. The van der Waals surface area contributed by atoms with Gasteiger partial charge in [0.15, 0.2) is 0 Å². The van der Waals surface area contributed by atoms with Gasteiger partial charge in [-0.25, -0.2) is 0 Å². The van der Waals surface area contributed by atoms with Gasteiger partial charge in [-0.2, -0.15) is 0 Å². The van der Waals surface area contributed by atoms with E-state index < -0.39 is 0 Å². The molecule has 2 N–H and O–H groups in total. The first-order valence-corrected chi connectivity index (χ1v) is 6.71. The first-order chi connectivity index (χ1) is 8.40. The Hall–Kier alpha value is -1.10. The zero-order chi connectivity index (χ0) is 14.1. The molecule has 0 saturated carbocycles. The minimum atomic E-state index is -0.101. The van der Waals surface area contributed by atoms with Gasteiger partial charge in [-0.15, -0.1) is 0 Å². The molecular weight excluding hydrogens is 230 g/mol. The van der Waals surface area contributed by atoms with E-state index in [0.717, 1.165) is 6.54 Å². The second-order valence-electron chi connectivity index (χ2n) is 4.79. The molecule has 0 aromatic carbocycles. The second-order valence-corrected chi connectivity index (χ2v) is 4.79. The molecule has 0 spiro atoms. The van der Waals surface area contributed by atoms with Crippen molar-refractivity contribution in [2.45, 2.75) is 53.1 Å². The third-order valence-corrected chi connectivity index (χ3v) is 2.55. The van der Waals surface area contributed by atoms with Crippen LogP contribution < -0.4 is 10.6 Å². The Labute approximate surface area is 110 Å². The molecule has 1 unspecified atom stereocenters. The van der Waals surface area contributed by atoms with Gasteiger partial charge in [0.2, 0.25) is 11.8 Å². The van der Waals surface area contributed by atoms with Crippen LogP contribution >= 0.6 is 0 Å². The minimum Gasteiger partial charge on any atom is -0.352 e. The summed E-state index contributed by atoms with van der Waals surface area (Å²) in [6.07, 6.45) is 0.427. The molecule has 0 aliphatic rings. The fraction of sp³-hybridized carbons (Fsp3) is 0.846. The third kappa shape index (κ3) is 7.27. The van der Waals surface area contributed by atoms with Crippen molar-refractivity contribution in [3.05, 3.63) is 0 Å². The summed E-state index contributed by atoms with van der Waals surface area (Å²) in [6, 6.07) is 0.247. The molecule has 2 amide bonds. The lowest BCUT2D eigenvalue weighted by Crippen LogP contribution is -2.44. The first kappa shape index (κ1) is 16.9. The van der Waals surface area contributed by atoms with Crippen LogP contribution in [0.5, 0.6) is 0 Å². The Balaban J connectivity index is 4.22. The maximum Gasteiger partial charge on any atom is 0.239 e. The van der Waals surface area contributed by atoms with Crippen LogP contribution in [0, 0.1) is 0 Å². The number of carbonyl (C=O) groups is 2. The van der Waals surface area contributed by atoms with E-state index in [1.807, 2.05) is 34.6 Å². The van der Waals surface area contributed by atoms with Crippen molar-refractivity contribution in [3.8, 4) is 0 Å². The van der Waals surface area contributed by atoms with Crippen LogP contribution in [0.15, 0.2) is 0 Å². The number of nitrogens with one attached hydrogen (secondary N) is 2. The van der Waals surface area contributed by atoms with E-state index in [1.165, 1.54) is 0 Å². The summed E-state index contributed by atoms with van der Waals surface area (Å²) in [5.74, 6) is -0.0823. The Kier molecular flexibility index (Phi) is 8.37. The standard InChI is InChI=1S/C13H27N3O2/c1-6-14-11(5)8-13(18)16(7-2)9-12(17)15-10(3)4/h10-11,14H,6-9H2,1-5H3,(H,15,17). The average molecular weight is 257 g/mol. The molecule has 0 aromatic rings. The summed E-state index contributed by atoms with van der Waals surface area (Å²) < 4.78 is 0. The quantitative estimate of drug-likeness (QED) is 0.674. The van der Waals surface area contributed by atoms with Crippen molar-refractivity contribution in [1.29, 1.82) is 0 Å². The Bertz CT molecular complexity index is 267. The van der Waals surface area contributed by atoms with Gasteiger partial charge in [-0.1, -0.05) is 6.92 Å². The maximum absolute atomic E-state index is 12.0. The van der Waals surface area contributed by atoms with Crippen molar-refractivity contribution >= 4 is 11.8 Å². The zero-order valence-corrected chi connectivity index (χ0v) is 12.2. The Morgan fingerprint density at radius 3 is 2.22 bits per heavy atom. The number of likely N-dealkylation sites (N-methyl/N-ethyl adjacent to an activating group) is 1. The fourth-order valence-corrected chi connectivity index (χ4v) is 1.73. The van der Waals surface area contributed by atoms with Crippen LogP contribution in [0.25, 0.3) is 0 Å². The van der Waals surface area contributed by atoms with Crippen molar-refractivity contribution in [2.24, 2.45) is 0 Å². The highest BCUT2D eigenvalue weighted by atomic mass is 16.2. The largest absolute Gasteiger partial charge is 0.352 e. The molecule has 1 atom stereocenters. The molecule has 0 rings (SSSR count). The van der Waals surface area contributed by atoms with Crippen LogP contribution in [-0.4, -0.2) is 48.4 Å². The molecule has 5 nitrogen and oxygen atoms in total. The van der Waals surface area contributed by atoms with Crippen LogP contribution in [0.2, 0.25) is 0 Å². The lowest BCUT2D eigenvalue weighted by Gasteiger charge is -2.23. The van der Waals surface area contributed by atoms with E-state index >= 15 is 0 Å². The Morgan fingerprint density at radius 2 is 1.78 bits per heavy atom. The predicted octanol–water partition coefficient (Wildman–Crippen LogP) is 0.748. The zero-order valence-electron chi connectivity index (χ0n) is 12.2. The molecule has 0 aliphatic carbocycles. The molecular formula is C13H27N3O2. The molecule has 0 radical (unpaired) electrons. The number of hydrogen-bond acceptors (Lipinski definition) is 3. The smallest absolute Gasteiger partial charge is 0.239 e. The lowest BCUT2D eigenvalue weighted by atomic mass is 10.2. The van der Waals surface area contributed by atoms with Gasteiger partial charge in [-0.3, -0.25) is 9.59 Å². The maximum atomic E-state index is 12.0. The van der Waals surface area contributed by atoms with E-state index in [0.29, 0.717) is 13.0 Å². The third-order valence-electron chi connectivity index (χ3n) is 2.55. The molecule has 106 valence electrons. The van der Waals surface area contributed by atoms with Gasteiger partial charge in [0, 0.05) is 25.0 Å². The van der Waals surface area contributed by atoms with E-state index in [1.54, 1.807) is 4.90 Å².